The fourth-order valence-corrected chi connectivity index (χ4v) is 2.59. The van der Waals surface area contributed by atoms with Gasteiger partial charge in [-0.3, -0.25) is 0 Å². The average molecular weight is 329 g/mol. The molecule has 20 heavy (non-hydrogen) atoms. The largest absolute Gasteiger partial charge is 0.381 e. The average Bonchev–Trinajstić information content (AvgIpc) is 2.43. The van der Waals surface area contributed by atoms with Crippen LogP contribution in [0.4, 0.5) is 5.69 Å². The van der Waals surface area contributed by atoms with Gasteiger partial charge in [0.15, 0.2) is 0 Å². The third kappa shape index (κ3) is 3.60. The van der Waals surface area contributed by atoms with E-state index in [0.717, 1.165) is 11.3 Å². The maximum Gasteiger partial charge on any atom is 0.0657 e. The lowest BCUT2D eigenvalue weighted by Gasteiger charge is -2.12. The van der Waals surface area contributed by atoms with Crippen LogP contribution in [0.25, 0.3) is 0 Å². The molecule has 0 aliphatic rings. The summed E-state index contributed by atoms with van der Waals surface area (Å²) in [7, 11) is 0. The Morgan fingerprint density at radius 1 is 0.900 bits per heavy atom. The number of hydrogen-bond acceptors (Lipinski definition) is 1. The molecule has 0 amide bonds. The molecule has 1 nitrogen and oxygen atoms in total. The van der Waals surface area contributed by atoms with Gasteiger partial charge in [0, 0.05) is 22.8 Å². The van der Waals surface area contributed by atoms with Crippen molar-refractivity contribution < 1.29 is 0 Å². The minimum absolute atomic E-state index is 0.505. The van der Waals surface area contributed by atoms with Gasteiger partial charge in [-0.2, -0.15) is 0 Å². The van der Waals surface area contributed by atoms with E-state index in [0.29, 0.717) is 27.5 Å². The summed E-state index contributed by atoms with van der Waals surface area (Å²) in [5.41, 5.74) is 3.16. The lowest BCUT2D eigenvalue weighted by molar-refractivity contribution is 0.867. The SMILES string of the molecule is CC(C)c1ccc(NCc2c(Cl)ccc(Cl)c2Cl)cc1. The highest BCUT2D eigenvalue weighted by Crippen LogP contribution is 2.32. The molecule has 0 radical (unpaired) electrons. The van der Waals surface area contributed by atoms with Gasteiger partial charge in [0.1, 0.15) is 0 Å². The molecule has 0 aromatic heterocycles. The van der Waals surface area contributed by atoms with Crippen molar-refractivity contribution >= 4 is 40.5 Å². The number of halogens is 3. The van der Waals surface area contributed by atoms with E-state index in [4.69, 9.17) is 34.8 Å². The van der Waals surface area contributed by atoms with E-state index in [1.165, 1.54) is 5.56 Å². The van der Waals surface area contributed by atoms with Crippen LogP contribution in [0.2, 0.25) is 15.1 Å². The summed E-state index contributed by atoms with van der Waals surface area (Å²) in [6.45, 7) is 4.89. The first kappa shape index (κ1) is 15.5. The summed E-state index contributed by atoms with van der Waals surface area (Å²) in [6, 6.07) is 11.8. The molecule has 106 valence electrons. The molecule has 0 saturated carbocycles. The Labute approximate surface area is 134 Å². The molecule has 0 spiro atoms. The Balaban J connectivity index is 2.11. The van der Waals surface area contributed by atoms with Gasteiger partial charge in [0.25, 0.3) is 0 Å². The smallest absolute Gasteiger partial charge is 0.0657 e. The summed E-state index contributed by atoms with van der Waals surface area (Å²) in [4.78, 5) is 0. The molecule has 0 aliphatic heterocycles. The second-order valence-corrected chi connectivity index (χ2v) is 6.14. The zero-order valence-electron chi connectivity index (χ0n) is 11.4. The quantitative estimate of drug-likeness (QED) is 0.642. The molecule has 2 aromatic carbocycles. The Kier molecular flexibility index (Phi) is 5.20. The van der Waals surface area contributed by atoms with E-state index in [9.17, 15) is 0 Å². The third-order valence-electron chi connectivity index (χ3n) is 3.19. The molecule has 0 bridgehead atoms. The maximum atomic E-state index is 6.18. The molecule has 0 atom stereocenters. The summed E-state index contributed by atoms with van der Waals surface area (Å²) in [6.07, 6.45) is 0. The molecule has 0 aliphatic carbocycles. The van der Waals surface area contributed by atoms with Crippen molar-refractivity contribution in [3.05, 3.63) is 62.6 Å². The van der Waals surface area contributed by atoms with E-state index >= 15 is 0 Å². The van der Waals surface area contributed by atoms with Crippen molar-refractivity contribution in [1.29, 1.82) is 0 Å². The van der Waals surface area contributed by atoms with E-state index in [2.05, 4.69) is 43.4 Å². The van der Waals surface area contributed by atoms with Crippen molar-refractivity contribution in [1.82, 2.24) is 0 Å². The second-order valence-electron chi connectivity index (χ2n) is 4.95. The van der Waals surface area contributed by atoms with Crippen LogP contribution in [0, 0.1) is 0 Å². The van der Waals surface area contributed by atoms with Gasteiger partial charge in [-0.15, -0.1) is 0 Å². The van der Waals surface area contributed by atoms with Gasteiger partial charge in [-0.25, -0.2) is 0 Å². The van der Waals surface area contributed by atoms with Crippen LogP contribution in [0.5, 0.6) is 0 Å². The summed E-state index contributed by atoms with van der Waals surface area (Å²) >= 11 is 18.3. The van der Waals surface area contributed by atoms with Crippen molar-refractivity contribution in [3.8, 4) is 0 Å². The predicted octanol–water partition coefficient (Wildman–Crippen LogP) is 6.38. The maximum absolute atomic E-state index is 6.18. The van der Waals surface area contributed by atoms with Crippen molar-refractivity contribution in [2.75, 3.05) is 5.32 Å². The summed E-state index contributed by atoms with van der Waals surface area (Å²) in [5.74, 6) is 0.529. The van der Waals surface area contributed by atoms with Crippen molar-refractivity contribution in [3.63, 3.8) is 0 Å². The highest BCUT2D eigenvalue weighted by atomic mass is 35.5. The van der Waals surface area contributed by atoms with Crippen LogP contribution in [-0.4, -0.2) is 0 Å². The van der Waals surface area contributed by atoms with Gasteiger partial charge in [-0.05, 0) is 35.7 Å². The van der Waals surface area contributed by atoms with E-state index in [-0.39, 0.29) is 0 Å². The normalized spacial score (nSPS) is 10.9. The molecule has 1 N–H and O–H groups in total. The zero-order valence-corrected chi connectivity index (χ0v) is 13.7. The third-order valence-corrected chi connectivity index (χ3v) is 4.38. The first-order valence-corrected chi connectivity index (χ1v) is 7.58. The van der Waals surface area contributed by atoms with E-state index in [1.807, 2.05) is 0 Å². The van der Waals surface area contributed by atoms with Gasteiger partial charge >= 0.3 is 0 Å². The van der Waals surface area contributed by atoms with Gasteiger partial charge < -0.3 is 5.32 Å². The van der Waals surface area contributed by atoms with Gasteiger partial charge in [0.05, 0.1) is 10.0 Å². The van der Waals surface area contributed by atoms with Crippen LogP contribution in [-0.2, 0) is 6.54 Å². The van der Waals surface area contributed by atoms with E-state index in [1.54, 1.807) is 12.1 Å². The van der Waals surface area contributed by atoms with Gasteiger partial charge in [0.2, 0.25) is 0 Å². The number of nitrogens with one attached hydrogen (secondary N) is 1. The standard InChI is InChI=1S/C16H16Cl3N/c1-10(2)11-3-5-12(6-4-11)20-9-13-14(17)7-8-15(18)16(13)19/h3-8,10,20H,9H2,1-2H3. The minimum atomic E-state index is 0.505. The molecule has 0 fully saturated rings. The van der Waals surface area contributed by atoms with Gasteiger partial charge in [-0.1, -0.05) is 60.8 Å². The Hall–Kier alpha value is -0.890. The number of hydrogen-bond donors (Lipinski definition) is 1. The molecular formula is C16H16Cl3N. The topological polar surface area (TPSA) is 12.0 Å². The fraction of sp³-hybridized carbons (Fsp3) is 0.250. The predicted molar refractivity (Wildman–Crippen MR) is 89.3 cm³/mol. The Morgan fingerprint density at radius 3 is 2.10 bits per heavy atom. The molecule has 0 saturated heterocycles. The lowest BCUT2D eigenvalue weighted by Crippen LogP contribution is -2.01. The Bertz CT molecular complexity index is 591. The number of anilines is 1. The monoisotopic (exact) mass is 327 g/mol. The lowest BCUT2D eigenvalue weighted by atomic mass is 10.0. The fourth-order valence-electron chi connectivity index (χ4n) is 1.91. The summed E-state index contributed by atoms with van der Waals surface area (Å²) in [5, 5.41) is 4.95. The van der Waals surface area contributed by atoms with E-state index < -0.39 is 0 Å². The highest BCUT2D eigenvalue weighted by molar-refractivity contribution is 6.44. The molecule has 2 aromatic rings. The second kappa shape index (κ2) is 6.71. The first-order valence-electron chi connectivity index (χ1n) is 6.45. The van der Waals surface area contributed by atoms with Crippen LogP contribution in [0.15, 0.2) is 36.4 Å². The molecule has 4 heteroatoms. The summed E-state index contributed by atoms with van der Waals surface area (Å²) < 4.78 is 0. The van der Waals surface area contributed by atoms with Crippen LogP contribution >= 0.6 is 34.8 Å². The number of rotatable bonds is 4. The molecular weight excluding hydrogens is 313 g/mol. The molecule has 2 rings (SSSR count). The van der Waals surface area contributed by atoms with Crippen LogP contribution in [0.1, 0.15) is 30.9 Å². The Morgan fingerprint density at radius 2 is 1.50 bits per heavy atom. The zero-order chi connectivity index (χ0) is 14.7. The molecule has 0 heterocycles. The van der Waals surface area contributed by atoms with Crippen LogP contribution < -0.4 is 5.32 Å². The highest BCUT2D eigenvalue weighted by Gasteiger charge is 2.09. The minimum Gasteiger partial charge on any atom is -0.381 e. The number of benzene rings is 2. The van der Waals surface area contributed by atoms with Crippen LogP contribution in [0.3, 0.4) is 0 Å². The van der Waals surface area contributed by atoms with Crippen molar-refractivity contribution in [2.45, 2.75) is 26.3 Å². The molecule has 0 unspecified atom stereocenters. The first-order chi connectivity index (χ1) is 9.49. The van der Waals surface area contributed by atoms with Crippen molar-refractivity contribution in [2.24, 2.45) is 0 Å².